The van der Waals surface area contributed by atoms with Crippen LogP contribution in [0.4, 0.5) is 10.5 Å². The van der Waals surface area contributed by atoms with E-state index < -0.39 is 11.6 Å². The quantitative estimate of drug-likeness (QED) is 0.782. The van der Waals surface area contributed by atoms with Crippen molar-refractivity contribution in [3.63, 3.8) is 0 Å². The largest absolute Gasteiger partial charge is 0.497 e. The van der Waals surface area contributed by atoms with Gasteiger partial charge >= 0.3 is 6.03 Å². The number of urea groups is 1. The first-order valence-electron chi connectivity index (χ1n) is 9.50. The lowest BCUT2D eigenvalue weighted by Crippen LogP contribution is -2.52. The number of rotatable bonds is 4. The molecule has 1 N–H and O–H groups in total. The van der Waals surface area contributed by atoms with E-state index in [4.69, 9.17) is 9.47 Å². The Morgan fingerprint density at radius 3 is 2.47 bits per heavy atom. The first-order valence-corrected chi connectivity index (χ1v) is 9.50. The smallest absolute Gasteiger partial charge is 0.329 e. The molecule has 2 fully saturated rings. The Morgan fingerprint density at radius 2 is 1.83 bits per heavy atom. The van der Waals surface area contributed by atoms with Crippen molar-refractivity contribution in [2.75, 3.05) is 39.3 Å². The molecular weight excluding hydrogens is 384 g/mol. The average Bonchev–Trinajstić information content (AvgIpc) is 3.22. The van der Waals surface area contributed by atoms with Gasteiger partial charge in [0.1, 0.15) is 17.0 Å². The Bertz CT molecular complexity index is 1040. The van der Waals surface area contributed by atoms with Crippen molar-refractivity contribution in [2.45, 2.75) is 11.5 Å². The molecule has 2 aliphatic heterocycles. The molecule has 8 nitrogen and oxygen atoms in total. The second-order valence-electron chi connectivity index (χ2n) is 7.60. The fourth-order valence-corrected chi connectivity index (χ4v) is 4.37. The lowest BCUT2D eigenvalue weighted by Gasteiger charge is -2.28. The van der Waals surface area contributed by atoms with E-state index in [0.717, 1.165) is 10.5 Å². The van der Waals surface area contributed by atoms with Crippen LogP contribution < -0.4 is 19.7 Å². The number of anilines is 1. The zero-order chi connectivity index (χ0) is 21.5. The van der Waals surface area contributed by atoms with E-state index in [9.17, 15) is 14.9 Å². The van der Waals surface area contributed by atoms with E-state index in [1.807, 2.05) is 30.1 Å². The third-order valence-electron chi connectivity index (χ3n) is 5.74. The van der Waals surface area contributed by atoms with E-state index in [0.29, 0.717) is 35.8 Å². The van der Waals surface area contributed by atoms with Crippen LogP contribution in [0.15, 0.2) is 42.5 Å². The van der Waals surface area contributed by atoms with Crippen LogP contribution in [0.2, 0.25) is 0 Å². The van der Waals surface area contributed by atoms with Gasteiger partial charge in [0.2, 0.25) is 0 Å². The van der Waals surface area contributed by atoms with Gasteiger partial charge in [0.05, 0.1) is 31.5 Å². The van der Waals surface area contributed by atoms with Gasteiger partial charge in [-0.3, -0.25) is 4.79 Å². The summed E-state index contributed by atoms with van der Waals surface area (Å²) in [5.41, 5.74) is 0.486. The van der Waals surface area contributed by atoms with E-state index in [1.54, 1.807) is 44.6 Å². The van der Waals surface area contributed by atoms with E-state index >= 15 is 0 Å². The van der Waals surface area contributed by atoms with E-state index in [2.05, 4.69) is 5.32 Å². The number of likely N-dealkylation sites (tertiary alicyclic amines) is 1. The van der Waals surface area contributed by atoms with Gasteiger partial charge in [0.15, 0.2) is 0 Å². The van der Waals surface area contributed by atoms with Crippen molar-refractivity contribution in [3.8, 4) is 17.6 Å². The maximum atomic E-state index is 13.6. The SMILES string of the molecule is COc1cc(OC)cc([C@@H]2CN(C)C[C@]23NC(=O)N(c2cccc(C#N)c2)C3=O)c1. The summed E-state index contributed by atoms with van der Waals surface area (Å²) in [5.74, 6) is 0.597. The van der Waals surface area contributed by atoms with E-state index in [1.165, 1.54) is 0 Å². The fourth-order valence-electron chi connectivity index (χ4n) is 4.37. The summed E-state index contributed by atoms with van der Waals surface area (Å²) in [6, 6.07) is 13.5. The van der Waals surface area contributed by atoms with Crippen LogP contribution in [0.25, 0.3) is 0 Å². The minimum Gasteiger partial charge on any atom is -0.497 e. The molecule has 2 aliphatic rings. The molecular formula is C22H22N4O4. The summed E-state index contributed by atoms with van der Waals surface area (Å²) in [7, 11) is 5.06. The third kappa shape index (κ3) is 3.04. The number of imide groups is 1. The molecule has 1 spiro atoms. The third-order valence-corrected chi connectivity index (χ3v) is 5.74. The molecule has 0 aliphatic carbocycles. The maximum Gasteiger partial charge on any atom is 0.329 e. The number of nitriles is 1. The standard InChI is InChI=1S/C22H22N4O4/c1-25-12-19(15-8-17(29-2)10-18(9-15)30-3)22(13-25)20(27)26(21(28)24-22)16-6-4-5-14(7-16)11-23/h4-10,19H,12-13H2,1-3H3,(H,24,28)/t19-,22-/m0/s1. The lowest BCUT2D eigenvalue weighted by atomic mass is 9.81. The summed E-state index contributed by atoms with van der Waals surface area (Å²) >= 11 is 0. The van der Waals surface area contributed by atoms with Crippen molar-refractivity contribution in [1.82, 2.24) is 10.2 Å². The molecule has 2 saturated heterocycles. The number of carbonyl (C=O) groups excluding carboxylic acids is 2. The van der Waals surface area contributed by atoms with E-state index in [-0.39, 0.29) is 11.8 Å². The Balaban J connectivity index is 1.78. The zero-order valence-electron chi connectivity index (χ0n) is 17.0. The van der Waals surface area contributed by atoms with Crippen LogP contribution in [0.1, 0.15) is 17.0 Å². The van der Waals surface area contributed by atoms with Crippen LogP contribution >= 0.6 is 0 Å². The highest BCUT2D eigenvalue weighted by Crippen LogP contribution is 2.42. The van der Waals surface area contributed by atoms with Crippen molar-refractivity contribution in [2.24, 2.45) is 0 Å². The summed E-state index contributed by atoms with van der Waals surface area (Å²) in [6.07, 6.45) is 0. The Labute approximate surface area is 174 Å². The molecule has 2 aromatic carbocycles. The molecule has 154 valence electrons. The number of amides is 3. The number of nitrogens with one attached hydrogen (secondary N) is 1. The molecule has 0 radical (unpaired) electrons. The van der Waals surface area contributed by atoms with Crippen molar-refractivity contribution in [3.05, 3.63) is 53.6 Å². The number of carbonyl (C=O) groups is 2. The average molecular weight is 406 g/mol. The van der Waals surface area contributed by atoms with Crippen molar-refractivity contribution in [1.29, 1.82) is 5.26 Å². The second-order valence-corrected chi connectivity index (χ2v) is 7.60. The van der Waals surface area contributed by atoms with Gasteiger partial charge in [0.25, 0.3) is 5.91 Å². The molecule has 3 amide bonds. The Kier molecular flexibility index (Phi) is 4.84. The molecule has 0 bridgehead atoms. The van der Waals surface area contributed by atoms with Gasteiger partial charge in [-0.05, 0) is 42.9 Å². The molecule has 2 atom stereocenters. The van der Waals surface area contributed by atoms with Gasteiger partial charge in [-0.25, -0.2) is 9.69 Å². The molecule has 0 aromatic heterocycles. The van der Waals surface area contributed by atoms with Crippen LogP contribution in [-0.4, -0.2) is 56.7 Å². The Morgan fingerprint density at radius 1 is 1.13 bits per heavy atom. The molecule has 0 unspecified atom stereocenters. The number of methoxy groups -OCH3 is 2. The van der Waals surface area contributed by atoms with Crippen LogP contribution in [0.3, 0.4) is 0 Å². The normalized spacial score (nSPS) is 23.5. The number of hydrogen-bond donors (Lipinski definition) is 1. The first-order chi connectivity index (χ1) is 14.4. The number of benzene rings is 2. The minimum absolute atomic E-state index is 0.299. The summed E-state index contributed by atoms with van der Waals surface area (Å²) in [5, 5.41) is 12.1. The Hall–Kier alpha value is -3.57. The molecule has 8 heteroatoms. The van der Waals surface area contributed by atoms with Crippen LogP contribution in [0.5, 0.6) is 11.5 Å². The summed E-state index contributed by atoms with van der Waals surface area (Å²) in [6.45, 7) is 0.949. The highest BCUT2D eigenvalue weighted by Gasteiger charge is 2.60. The predicted molar refractivity (Wildman–Crippen MR) is 110 cm³/mol. The monoisotopic (exact) mass is 406 g/mol. The number of likely N-dealkylation sites (N-methyl/N-ethyl adjacent to an activating group) is 1. The molecule has 4 rings (SSSR count). The topological polar surface area (TPSA) is 94.9 Å². The fraction of sp³-hybridized carbons (Fsp3) is 0.318. The number of hydrogen-bond acceptors (Lipinski definition) is 6. The van der Waals surface area contributed by atoms with Gasteiger partial charge in [-0.2, -0.15) is 5.26 Å². The molecule has 30 heavy (non-hydrogen) atoms. The van der Waals surface area contributed by atoms with Gasteiger partial charge in [-0.15, -0.1) is 0 Å². The van der Waals surface area contributed by atoms with Gasteiger partial charge < -0.3 is 19.7 Å². The van der Waals surface area contributed by atoms with Gasteiger partial charge in [0, 0.05) is 25.1 Å². The zero-order valence-corrected chi connectivity index (χ0v) is 17.0. The van der Waals surface area contributed by atoms with Crippen molar-refractivity contribution >= 4 is 17.6 Å². The van der Waals surface area contributed by atoms with Crippen LogP contribution in [0, 0.1) is 11.3 Å². The summed E-state index contributed by atoms with van der Waals surface area (Å²) in [4.78, 5) is 29.7. The van der Waals surface area contributed by atoms with Crippen molar-refractivity contribution < 1.29 is 19.1 Å². The number of nitrogens with zero attached hydrogens (tertiary/aromatic N) is 3. The number of ether oxygens (including phenoxy) is 2. The predicted octanol–water partition coefficient (Wildman–Crippen LogP) is 2.10. The van der Waals surface area contributed by atoms with Gasteiger partial charge in [-0.1, -0.05) is 6.07 Å². The first kappa shape index (κ1) is 19.7. The summed E-state index contributed by atoms with van der Waals surface area (Å²) < 4.78 is 10.8. The highest BCUT2D eigenvalue weighted by molar-refractivity contribution is 6.24. The maximum absolute atomic E-state index is 13.6. The second kappa shape index (κ2) is 7.35. The van der Waals surface area contributed by atoms with Crippen LogP contribution in [-0.2, 0) is 4.79 Å². The highest BCUT2D eigenvalue weighted by atomic mass is 16.5. The lowest BCUT2D eigenvalue weighted by molar-refractivity contribution is -0.122. The molecule has 2 heterocycles. The minimum atomic E-state index is -1.12. The molecule has 2 aromatic rings. The molecule has 0 saturated carbocycles.